The fourth-order valence-corrected chi connectivity index (χ4v) is 1.80. The third-order valence-electron chi connectivity index (χ3n) is 1.77. The summed E-state index contributed by atoms with van der Waals surface area (Å²) in [7, 11) is 0. The van der Waals surface area contributed by atoms with E-state index in [9.17, 15) is 0 Å². The lowest BCUT2D eigenvalue weighted by molar-refractivity contribution is 0.589. The summed E-state index contributed by atoms with van der Waals surface area (Å²) in [5.74, 6) is 0. The average molecular weight is 181 g/mol. The Morgan fingerprint density at radius 3 is 3.17 bits per heavy atom. The van der Waals surface area contributed by atoms with Crippen LogP contribution in [-0.4, -0.2) is 6.54 Å². The molecule has 0 aliphatic heterocycles. The van der Waals surface area contributed by atoms with Crippen LogP contribution in [0.4, 0.5) is 0 Å². The van der Waals surface area contributed by atoms with Gasteiger partial charge in [-0.25, -0.2) is 0 Å². The Bertz CT molecular complexity index is 216. The van der Waals surface area contributed by atoms with Crippen LogP contribution >= 0.6 is 11.3 Å². The van der Waals surface area contributed by atoms with Crippen molar-refractivity contribution in [3.05, 3.63) is 35.0 Å². The first kappa shape index (κ1) is 9.49. The summed E-state index contributed by atoms with van der Waals surface area (Å²) in [5, 5.41) is 5.54. The summed E-state index contributed by atoms with van der Waals surface area (Å²) in [6, 6.07) is 4.73. The fourth-order valence-electron chi connectivity index (χ4n) is 1.04. The Kier molecular flexibility index (Phi) is 4.05. The highest BCUT2D eigenvalue weighted by molar-refractivity contribution is 7.10. The molecule has 12 heavy (non-hydrogen) atoms. The van der Waals surface area contributed by atoms with Crippen LogP contribution in [0, 0.1) is 0 Å². The Labute approximate surface area is 78.1 Å². The maximum Gasteiger partial charge on any atom is 0.0386 e. The van der Waals surface area contributed by atoms with Gasteiger partial charge in [-0.05, 0) is 31.3 Å². The van der Waals surface area contributed by atoms with E-state index in [0.717, 1.165) is 13.0 Å². The molecule has 0 aliphatic rings. The molecule has 1 aromatic rings. The molecule has 2 heteroatoms. The Morgan fingerprint density at radius 1 is 1.75 bits per heavy atom. The van der Waals surface area contributed by atoms with Crippen molar-refractivity contribution in [1.82, 2.24) is 5.32 Å². The van der Waals surface area contributed by atoms with Crippen LogP contribution in [0.1, 0.15) is 24.3 Å². The second kappa shape index (κ2) is 5.12. The summed E-state index contributed by atoms with van der Waals surface area (Å²) in [6.07, 6.45) is 2.98. The van der Waals surface area contributed by atoms with E-state index in [1.54, 1.807) is 11.3 Å². The molecule has 66 valence electrons. The number of nitrogens with one attached hydrogen (secondary N) is 1. The molecule has 0 bridgehead atoms. The first-order valence-corrected chi connectivity index (χ1v) is 5.10. The molecule has 0 spiro atoms. The Hall–Kier alpha value is -0.600. The van der Waals surface area contributed by atoms with E-state index >= 15 is 0 Å². The first-order valence-electron chi connectivity index (χ1n) is 4.22. The molecule has 0 saturated heterocycles. The van der Waals surface area contributed by atoms with Crippen LogP contribution in [0.15, 0.2) is 30.2 Å². The molecule has 0 aromatic carbocycles. The van der Waals surface area contributed by atoms with Gasteiger partial charge in [-0.1, -0.05) is 12.1 Å². The molecule has 0 unspecified atom stereocenters. The van der Waals surface area contributed by atoms with Crippen molar-refractivity contribution in [2.75, 3.05) is 6.54 Å². The second-order valence-corrected chi connectivity index (χ2v) is 3.75. The number of hydrogen-bond donors (Lipinski definition) is 1. The lowest BCUT2D eigenvalue weighted by atomic mass is 10.2. The monoisotopic (exact) mass is 181 g/mol. The van der Waals surface area contributed by atoms with E-state index in [4.69, 9.17) is 0 Å². The number of thiophene rings is 1. The third-order valence-corrected chi connectivity index (χ3v) is 2.82. The molecule has 1 aromatic heterocycles. The molecule has 1 heterocycles. The summed E-state index contributed by atoms with van der Waals surface area (Å²) < 4.78 is 0. The van der Waals surface area contributed by atoms with Gasteiger partial charge in [0.2, 0.25) is 0 Å². The summed E-state index contributed by atoms with van der Waals surface area (Å²) in [6.45, 7) is 6.89. The van der Waals surface area contributed by atoms with Crippen molar-refractivity contribution in [3.63, 3.8) is 0 Å². The van der Waals surface area contributed by atoms with Crippen LogP contribution in [-0.2, 0) is 0 Å². The van der Waals surface area contributed by atoms with Crippen LogP contribution in [0.2, 0.25) is 0 Å². The molecule has 1 rings (SSSR count). The van der Waals surface area contributed by atoms with Crippen LogP contribution in [0.3, 0.4) is 0 Å². The highest BCUT2D eigenvalue weighted by Crippen LogP contribution is 2.17. The van der Waals surface area contributed by atoms with Gasteiger partial charge < -0.3 is 5.32 Å². The quantitative estimate of drug-likeness (QED) is 0.544. The van der Waals surface area contributed by atoms with E-state index in [1.807, 2.05) is 6.08 Å². The van der Waals surface area contributed by atoms with E-state index in [0.29, 0.717) is 6.04 Å². The lowest BCUT2D eigenvalue weighted by Gasteiger charge is -2.10. The van der Waals surface area contributed by atoms with Crippen LogP contribution < -0.4 is 5.32 Å². The number of rotatable bonds is 5. The topological polar surface area (TPSA) is 12.0 Å². The van der Waals surface area contributed by atoms with Gasteiger partial charge in [0.15, 0.2) is 0 Å². The maximum absolute atomic E-state index is 3.68. The van der Waals surface area contributed by atoms with Crippen LogP contribution in [0.25, 0.3) is 0 Å². The van der Waals surface area contributed by atoms with Gasteiger partial charge in [-0.3, -0.25) is 0 Å². The van der Waals surface area contributed by atoms with Gasteiger partial charge >= 0.3 is 0 Å². The Morgan fingerprint density at radius 2 is 2.58 bits per heavy atom. The predicted molar refractivity (Wildman–Crippen MR) is 55.6 cm³/mol. The minimum atomic E-state index is 0.477. The largest absolute Gasteiger partial charge is 0.309 e. The van der Waals surface area contributed by atoms with Crippen molar-refractivity contribution in [3.8, 4) is 0 Å². The van der Waals surface area contributed by atoms with E-state index in [2.05, 4.69) is 36.3 Å². The second-order valence-electron chi connectivity index (χ2n) is 2.77. The van der Waals surface area contributed by atoms with E-state index in [1.165, 1.54) is 4.88 Å². The van der Waals surface area contributed by atoms with Crippen molar-refractivity contribution in [1.29, 1.82) is 0 Å². The molecule has 0 amide bonds. The van der Waals surface area contributed by atoms with E-state index in [-0.39, 0.29) is 0 Å². The van der Waals surface area contributed by atoms with Crippen molar-refractivity contribution in [2.45, 2.75) is 19.4 Å². The van der Waals surface area contributed by atoms with Crippen molar-refractivity contribution >= 4 is 11.3 Å². The normalized spacial score (nSPS) is 12.8. The van der Waals surface area contributed by atoms with Gasteiger partial charge in [0.25, 0.3) is 0 Å². The Balaban J connectivity index is 2.29. The smallest absolute Gasteiger partial charge is 0.0386 e. The summed E-state index contributed by atoms with van der Waals surface area (Å²) >= 11 is 1.80. The summed E-state index contributed by atoms with van der Waals surface area (Å²) in [4.78, 5) is 1.40. The number of hydrogen-bond acceptors (Lipinski definition) is 2. The zero-order valence-corrected chi connectivity index (χ0v) is 8.23. The first-order chi connectivity index (χ1) is 5.84. The summed E-state index contributed by atoms with van der Waals surface area (Å²) in [5.41, 5.74) is 0. The fraction of sp³-hybridized carbons (Fsp3) is 0.400. The zero-order valence-electron chi connectivity index (χ0n) is 7.42. The molecule has 1 atom stereocenters. The molecule has 1 nitrogen and oxygen atoms in total. The predicted octanol–water partition coefficient (Wildman–Crippen LogP) is 2.97. The van der Waals surface area contributed by atoms with Crippen LogP contribution in [0.5, 0.6) is 0 Å². The van der Waals surface area contributed by atoms with Gasteiger partial charge in [0, 0.05) is 10.9 Å². The minimum Gasteiger partial charge on any atom is -0.309 e. The molecular formula is C10H15NS. The maximum atomic E-state index is 3.68. The van der Waals surface area contributed by atoms with Crippen molar-refractivity contribution < 1.29 is 0 Å². The van der Waals surface area contributed by atoms with Gasteiger partial charge in [-0.2, -0.15) is 0 Å². The average Bonchev–Trinajstić information content (AvgIpc) is 2.56. The van der Waals surface area contributed by atoms with E-state index < -0.39 is 0 Å². The molecule has 0 aliphatic carbocycles. The SMILES string of the molecule is C=CCCN[C@@H](C)c1cccs1. The molecule has 0 saturated carbocycles. The van der Waals surface area contributed by atoms with Crippen molar-refractivity contribution in [2.24, 2.45) is 0 Å². The van der Waals surface area contributed by atoms with Gasteiger partial charge in [0.05, 0.1) is 0 Å². The molecule has 0 fully saturated rings. The highest BCUT2D eigenvalue weighted by atomic mass is 32.1. The molecule has 1 N–H and O–H groups in total. The van der Waals surface area contributed by atoms with Gasteiger partial charge in [0.1, 0.15) is 0 Å². The molecular weight excluding hydrogens is 166 g/mol. The lowest BCUT2D eigenvalue weighted by Crippen LogP contribution is -2.18. The zero-order chi connectivity index (χ0) is 8.81. The minimum absolute atomic E-state index is 0.477. The van der Waals surface area contributed by atoms with Gasteiger partial charge in [-0.15, -0.1) is 17.9 Å². The molecule has 0 radical (unpaired) electrons. The standard InChI is InChI=1S/C10H15NS/c1-3-4-7-11-9(2)10-6-5-8-12-10/h3,5-6,8-9,11H,1,4,7H2,2H3/t9-/m0/s1. The third kappa shape index (κ3) is 2.80. The highest BCUT2D eigenvalue weighted by Gasteiger charge is 2.03.